The number of hydrogen-bond donors (Lipinski definition) is 18. The third-order valence-electron chi connectivity index (χ3n) is 18.6. The number of fused-ring (bicyclic) bond motifs is 1. The molecule has 2 aliphatic heterocycles. The monoisotopic (exact) mass is 1500 g/mol. The number of ether oxygens (including phenoxy) is 1. The minimum Gasteiger partial charge on any atom is -0.444 e. The fraction of sp³-hybridized carbons (Fsp3) is 0.569. The zero-order valence-corrected chi connectivity index (χ0v) is 62.5. The lowest BCUT2D eigenvalue weighted by atomic mass is 9.94. The van der Waals surface area contributed by atoms with Crippen LogP contribution in [0.5, 0.6) is 0 Å². The van der Waals surface area contributed by atoms with Gasteiger partial charge in [-0.05, 0) is 147 Å². The SMILES string of the molecule is CCN(CC)CCNC(=O)c1c(C)[nH]c(/C=C2\C(=O)N(COC(=O)C(C)C(C)C(=O)N[C@H](C(=O)N[C@@H](CCN)C(=O)N[C@H]3CCNC(=O)[C@H]([C@@H](C)O)NC(=O)[C@H](CCN)NC(=O)[C@H](CCN)NC(=O)[C@H](CC(C)C)NC(=O)[C@@H](Cc4ccccc4)NC(=O)[C@H](CCN)NC3=O)[C@@H](C)O)c3ccc(F)cc32)c1C. The topological polar surface area (TPSA) is 530 Å². The minimum atomic E-state index is -1.83. The van der Waals surface area contributed by atoms with Crippen LogP contribution in [0.2, 0.25) is 0 Å². The predicted molar refractivity (Wildman–Crippen MR) is 394 cm³/mol. The molecule has 3 heterocycles. The molecule has 5 rings (SSSR count). The number of H-pyrrole nitrogens is 1. The van der Waals surface area contributed by atoms with Gasteiger partial charge < -0.3 is 106 Å². The number of halogens is 1. The number of benzene rings is 2. The molecular formula is C72H109FN18O16. The molecule has 0 saturated carbocycles. The molecule has 0 radical (unpaired) electrons. The van der Waals surface area contributed by atoms with Gasteiger partial charge in [0.2, 0.25) is 59.1 Å². The smallest absolute Gasteiger partial charge is 0.311 e. The van der Waals surface area contributed by atoms with Crippen LogP contribution < -0.4 is 86.3 Å². The molecule has 0 spiro atoms. The van der Waals surface area contributed by atoms with Crippen LogP contribution in [0.1, 0.15) is 132 Å². The molecule has 0 bridgehead atoms. The summed E-state index contributed by atoms with van der Waals surface area (Å²) in [4.78, 5) is 190. The van der Waals surface area contributed by atoms with Crippen LogP contribution in [0, 0.1) is 37.4 Å². The quantitative estimate of drug-likeness (QED) is 0.0223. The summed E-state index contributed by atoms with van der Waals surface area (Å²) in [7, 11) is 0. The molecule has 2 aliphatic rings. The molecular weight excluding hydrogens is 1390 g/mol. The first-order valence-electron chi connectivity index (χ1n) is 36.2. The number of aryl methyl sites for hydroxylation is 1. The van der Waals surface area contributed by atoms with Crippen LogP contribution in [0.3, 0.4) is 0 Å². The number of aromatic nitrogens is 1. The second-order valence-corrected chi connectivity index (χ2v) is 27.2. The third kappa shape index (κ3) is 25.2. The number of carbonyl (C=O) groups is 13. The number of carbonyl (C=O) groups excluding carboxylic acids is 13. The van der Waals surface area contributed by atoms with Crippen molar-refractivity contribution in [1.29, 1.82) is 0 Å². The number of aliphatic hydroxyl groups is 2. The van der Waals surface area contributed by atoms with Crippen molar-refractivity contribution >= 4 is 94.2 Å². The second kappa shape index (κ2) is 42.5. The van der Waals surface area contributed by atoms with Gasteiger partial charge in [-0.3, -0.25) is 67.2 Å². The summed E-state index contributed by atoms with van der Waals surface area (Å²) in [5.41, 5.74) is 26.5. The Morgan fingerprint density at radius 2 is 1.24 bits per heavy atom. The van der Waals surface area contributed by atoms with Gasteiger partial charge in [0.05, 0.1) is 34.9 Å². The van der Waals surface area contributed by atoms with Crippen molar-refractivity contribution in [3.05, 3.63) is 88.0 Å². The van der Waals surface area contributed by atoms with Gasteiger partial charge in [-0.25, -0.2) is 4.39 Å². The Balaban J connectivity index is 1.38. The fourth-order valence-electron chi connectivity index (χ4n) is 12.1. The lowest BCUT2D eigenvalue weighted by Crippen LogP contribution is -2.61. The number of aromatic amines is 1. The van der Waals surface area contributed by atoms with E-state index in [1.165, 1.54) is 32.9 Å². The summed E-state index contributed by atoms with van der Waals surface area (Å²) in [5, 5.41) is 50.2. The molecule has 2 unspecified atom stereocenters. The van der Waals surface area contributed by atoms with Gasteiger partial charge in [-0.1, -0.05) is 71.9 Å². The van der Waals surface area contributed by atoms with Gasteiger partial charge in [0, 0.05) is 48.9 Å². The molecule has 1 aromatic heterocycles. The highest BCUT2D eigenvalue weighted by Gasteiger charge is 2.40. The number of nitrogens with two attached hydrogens (primary N) is 4. The lowest BCUT2D eigenvalue weighted by Gasteiger charge is -2.29. The van der Waals surface area contributed by atoms with E-state index in [-0.39, 0.29) is 93.4 Å². The number of likely N-dealkylation sites (N-methyl/N-ethyl adjacent to an activating group) is 1. The lowest BCUT2D eigenvalue weighted by molar-refractivity contribution is -0.152. The molecule has 22 N–H and O–H groups in total. The van der Waals surface area contributed by atoms with Crippen LogP contribution in [-0.2, 0) is 68.7 Å². The Bertz CT molecular complexity index is 3650. The molecule has 1 fully saturated rings. The first-order valence-corrected chi connectivity index (χ1v) is 36.2. The number of nitrogens with one attached hydrogen (secondary N) is 12. The summed E-state index contributed by atoms with van der Waals surface area (Å²) in [6.07, 6.45) is -3.44. The van der Waals surface area contributed by atoms with Crippen LogP contribution in [0.25, 0.3) is 11.6 Å². The Hall–Kier alpha value is -9.78. The van der Waals surface area contributed by atoms with E-state index >= 15 is 0 Å². The van der Waals surface area contributed by atoms with Crippen LogP contribution >= 0.6 is 0 Å². The second-order valence-electron chi connectivity index (χ2n) is 27.2. The Morgan fingerprint density at radius 3 is 1.80 bits per heavy atom. The van der Waals surface area contributed by atoms with Crippen LogP contribution in [0.4, 0.5) is 10.1 Å². The van der Waals surface area contributed by atoms with E-state index in [0.717, 1.165) is 37.0 Å². The average Bonchev–Trinajstić information content (AvgIpc) is 1.61. The number of amides is 12. The maximum Gasteiger partial charge on any atom is 0.311 e. The average molecular weight is 1500 g/mol. The zero-order chi connectivity index (χ0) is 79.5. The van der Waals surface area contributed by atoms with Crippen molar-refractivity contribution < 1.29 is 81.7 Å². The van der Waals surface area contributed by atoms with Crippen molar-refractivity contribution in [2.75, 3.05) is 70.5 Å². The van der Waals surface area contributed by atoms with Gasteiger partial charge in [0.15, 0.2) is 6.73 Å². The summed E-state index contributed by atoms with van der Waals surface area (Å²) in [6, 6.07) is -2.06. The molecule has 34 nitrogen and oxygen atoms in total. The van der Waals surface area contributed by atoms with Gasteiger partial charge in [-0.15, -0.1) is 0 Å². The molecule has 3 aromatic rings. The highest BCUT2D eigenvalue weighted by Crippen LogP contribution is 2.39. The molecule has 0 aliphatic carbocycles. The van der Waals surface area contributed by atoms with E-state index in [1.807, 2.05) is 13.8 Å². The number of nitrogens with zero attached hydrogens (tertiary/aromatic N) is 2. The van der Waals surface area contributed by atoms with Crippen molar-refractivity contribution in [3.8, 4) is 0 Å². The number of hydrogen-bond acceptors (Lipinski definition) is 21. The molecule has 107 heavy (non-hydrogen) atoms. The van der Waals surface area contributed by atoms with Crippen LogP contribution in [-0.4, -0.2) is 229 Å². The molecule has 1 saturated heterocycles. The van der Waals surface area contributed by atoms with E-state index in [4.69, 9.17) is 27.7 Å². The number of anilines is 1. The fourth-order valence-corrected chi connectivity index (χ4v) is 12.1. The molecule has 2 aromatic carbocycles. The van der Waals surface area contributed by atoms with Gasteiger partial charge >= 0.3 is 5.97 Å². The predicted octanol–water partition coefficient (Wildman–Crippen LogP) is -3.17. The van der Waals surface area contributed by atoms with Crippen molar-refractivity contribution in [2.24, 2.45) is 40.7 Å². The van der Waals surface area contributed by atoms with Crippen molar-refractivity contribution in [2.45, 2.75) is 181 Å². The van der Waals surface area contributed by atoms with E-state index in [0.29, 0.717) is 41.2 Å². The van der Waals surface area contributed by atoms with Crippen molar-refractivity contribution in [1.82, 2.24) is 68.4 Å². The van der Waals surface area contributed by atoms with E-state index in [2.05, 4.69) is 68.4 Å². The zero-order valence-electron chi connectivity index (χ0n) is 62.5. The Kier molecular flexibility index (Phi) is 34.9. The van der Waals surface area contributed by atoms with Gasteiger partial charge in [0.25, 0.3) is 11.8 Å². The standard InChI is InChI=1S/C72H109FN18O16/c1-11-90(12-2)31-30-79-68(102)57-40(7)53(80-41(57)8)35-47-46-34-45(73)18-19-56(46)91(71(47)105)36-107-72(106)39(6)38(5)60(94)88-59(43(10)93)70(104)85-50(22-27-76)62(96)84-52-24-29-78-69(103)58(42(9)92)89-65(99)51(23-28-77)82-61(95)48(20-25-74)83-66(100)54(32-37(3)4)86-67(101)55(33-44-16-14-13-15-17-44)87-63(97)49(21-26-75)81-64(52)98/h13-19,34-35,37-39,42-43,48-52,54-55,58-59,80,92-93H,11-12,20-33,36,74-77H2,1-10H3,(H,78,103)(H,79,102)(H,81,98)(H,82,95)(H,83,100)(H,84,96)(H,85,104)(H,86,101)(H,87,97)(H,88,94)(H,89,99)/b47-35-/t38?,39?,42-,43-,48+,49+,50+,51+,52+,54+,55-,58+,59+/m1/s1. The molecule has 12 amide bonds. The molecule has 590 valence electrons. The number of esters is 1. The summed E-state index contributed by atoms with van der Waals surface area (Å²) >= 11 is 0. The van der Waals surface area contributed by atoms with Gasteiger partial charge in [0.1, 0.15) is 60.2 Å². The maximum absolute atomic E-state index is 14.9. The van der Waals surface area contributed by atoms with Gasteiger partial charge in [-0.2, -0.15) is 0 Å². The highest BCUT2D eigenvalue weighted by molar-refractivity contribution is 6.36. The first kappa shape index (κ1) is 87.9. The largest absolute Gasteiger partial charge is 0.444 e. The van der Waals surface area contributed by atoms with Crippen molar-refractivity contribution in [3.63, 3.8) is 0 Å². The molecule has 35 heteroatoms. The third-order valence-corrected chi connectivity index (χ3v) is 18.6. The highest BCUT2D eigenvalue weighted by atomic mass is 19.1. The Labute approximate surface area is 621 Å². The number of rotatable bonds is 31. The Morgan fingerprint density at radius 1 is 0.682 bits per heavy atom. The summed E-state index contributed by atoms with van der Waals surface area (Å²) < 4.78 is 20.5. The maximum atomic E-state index is 14.9. The van der Waals surface area contributed by atoms with Crippen LogP contribution in [0.15, 0.2) is 48.5 Å². The minimum absolute atomic E-state index is 0.0182. The van der Waals surface area contributed by atoms with E-state index < -0.39 is 175 Å². The summed E-state index contributed by atoms with van der Waals surface area (Å²) in [5.74, 6) is -15.3. The van der Waals surface area contributed by atoms with E-state index in [9.17, 15) is 76.9 Å². The summed E-state index contributed by atoms with van der Waals surface area (Å²) in [6.45, 7) is 16.6. The van der Waals surface area contributed by atoms with E-state index in [1.54, 1.807) is 58.0 Å². The molecule has 13 atom stereocenters. The number of aliphatic hydroxyl groups excluding tert-OH is 2. The normalized spacial score (nSPS) is 21.6. The first-order chi connectivity index (χ1) is 50.7.